The molecule has 0 amide bonds. The van der Waals surface area contributed by atoms with E-state index in [1.165, 1.54) is 57.8 Å². The van der Waals surface area contributed by atoms with Crippen LogP contribution in [0.15, 0.2) is 48.5 Å². The minimum absolute atomic E-state index is 0.475. The molecule has 0 atom stereocenters. The fourth-order valence-electron chi connectivity index (χ4n) is 5.56. The highest BCUT2D eigenvalue weighted by Crippen LogP contribution is 2.45. The lowest BCUT2D eigenvalue weighted by molar-refractivity contribution is 0.222. The summed E-state index contributed by atoms with van der Waals surface area (Å²) in [6, 6.07) is 15.8. The lowest BCUT2D eigenvalue weighted by Gasteiger charge is -2.34. The van der Waals surface area contributed by atoms with Gasteiger partial charge in [0.15, 0.2) is 0 Å². The summed E-state index contributed by atoms with van der Waals surface area (Å²) in [5.41, 5.74) is 2.30. The summed E-state index contributed by atoms with van der Waals surface area (Å²) in [6.45, 7) is 0. The first kappa shape index (κ1) is 18.4. The maximum Gasteiger partial charge on any atom is 0.119 e. The number of phenols is 2. The Morgan fingerprint density at radius 1 is 0.556 bits per heavy atom. The molecule has 2 aromatic rings. The Balaban J connectivity index is 1.25. The molecule has 0 aromatic heterocycles. The normalized spacial score (nSPS) is 28.7. The van der Waals surface area contributed by atoms with E-state index >= 15 is 0 Å². The van der Waals surface area contributed by atoms with Gasteiger partial charge in [-0.25, -0.2) is 0 Å². The molecule has 27 heavy (non-hydrogen) atoms. The fraction of sp³-hybridized carbons (Fsp3) is 0.520. The molecule has 0 spiro atoms. The average molecular weight is 365 g/mol. The van der Waals surface area contributed by atoms with E-state index in [0.717, 1.165) is 23.0 Å². The van der Waals surface area contributed by atoms with Crippen molar-refractivity contribution in [2.24, 2.45) is 11.8 Å². The summed E-state index contributed by atoms with van der Waals surface area (Å²) >= 11 is 0. The lowest BCUT2D eigenvalue weighted by atomic mass is 9.71. The van der Waals surface area contributed by atoms with E-state index in [2.05, 4.69) is 12.1 Å². The molecule has 2 aromatic carbocycles. The van der Waals surface area contributed by atoms with Crippen molar-refractivity contribution < 1.29 is 10.2 Å². The van der Waals surface area contributed by atoms with Crippen molar-refractivity contribution in [1.29, 1.82) is 0 Å². The van der Waals surface area contributed by atoms with Gasteiger partial charge >= 0.3 is 0 Å². The van der Waals surface area contributed by atoms with Gasteiger partial charge in [-0.05, 0) is 105 Å². The van der Waals surface area contributed by atoms with Crippen molar-refractivity contribution >= 4 is 0 Å². The van der Waals surface area contributed by atoms with Crippen LogP contribution >= 0.6 is 0 Å². The van der Waals surface area contributed by atoms with Gasteiger partial charge in [-0.3, -0.25) is 0 Å². The van der Waals surface area contributed by atoms with Crippen LogP contribution in [0.4, 0.5) is 0 Å². The van der Waals surface area contributed by atoms with Crippen LogP contribution in [0.25, 0.3) is 0 Å². The summed E-state index contributed by atoms with van der Waals surface area (Å²) in [7, 11) is 0. The molecule has 0 saturated heterocycles. The lowest BCUT2D eigenvalue weighted by Crippen LogP contribution is -2.20. The van der Waals surface area contributed by atoms with Crippen molar-refractivity contribution in [1.82, 2.24) is 0 Å². The largest absolute Gasteiger partial charge is 0.508 e. The highest BCUT2D eigenvalue weighted by Gasteiger charge is 2.29. The minimum atomic E-state index is 0.475. The summed E-state index contributed by atoms with van der Waals surface area (Å²) in [4.78, 5) is 0. The molecule has 0 radical (unpaired) electrons. The molecule has 2 fully saturated rings. The van der Waals surface area contributed by atoms with E-state index in [1.807, 2.05) is 36.4 Å². The van der Waals surface area contributed by atoms with Gasteiger partial charge in [0.05, 0.1) is 0 Å². The van der Waals surface area contributed by atoms with Gasteiger partial charge in [-0.1, -0.05) is 36.4 Å². The molecule has 144 valence electrons. The average Bonchev–Trinajstić information content (AvgIpc) is 2.70. The molecule has 0 aliphatic heterocycles. The first-order chi connectivity index (χ1) is 13.2. The second-order valence-corrected chi connectivity index (χ2v) is 8.79. The minimum Gasteiger partial charge on any atom is -0.508 e. The summed E-state index contributed by atoms with van der Waals surface area (Å²) in [6.07, 6.45) is 11.5. The third kappa shape index (κ3) is 4.31. The smallest absolute Gasteiger partial charge is 0.119 e. The molecular formula is C25H32O2. The van der Waals surface area contributed by atoms with Crippen LogP contribution in [0.1, 0.15) is 80.8 Å². The summed E-state index contributed by atoms with van der Waals surface area (Å²) < 4.78 is 0. The SMILES string of the molecule is Oc1ccccc1C1CCC(CC2CCC(c3ccccc3O)CC2)CC1. The first-order valence-corrected chi connectivity index (χ1v) is 10.8. The van der Waals surface area contributed by atoms with Gasteiger partial charge in [0.1, 0.15) is 11.5 Å². The molecule has 2 nitrogen and oxygen atoms in total. The van der Waals surface area contributed by atoms with E-state index in [1.54, 1.807) is 0 Å². The zero-order valence-corrected chi connectivity index (χ0v) is 16.2. The number of rotatable bonds is 4. The van der Waals surface area contributed by atoms with Gasteiger partial charge in [-0.15, -0.1) is 0 Å². The van der Waals surface area contributed by atoms with E-state index in [0.29, 0.717) is 23.3 Å². The van der Waals surface area contributed by atoms with E-state index in [9.17, 15) is 10.2 Å². The molecule has 0 heterocycles. The van der Waals surface area contributed by atoms with Crippen LogP contribution < -0.4 is 0 Å². The molecule has 2 saturated carbocycles. The van der Waals surface area contributed by atoms with Gasteiger partial charge in [0.2, 0.25) is 0 Å². The number of aromatic hydroxyl groups is 2. The molecule has 2 aliphatic carbocycles. The number of phenolic OH excluding ortho intramolecular Hbond substituents is 2. The Hall–Kier alpha value is -1.96. The van der Waals surface area contributed by atoms with Crippen LogP contribution in [-0.2, 0) is 0 Å². The number of benzene rings is 2. The Morgan fingerprint density at radius 2 is 0.926 bits per heavy atom. The topological polar surface area (TPSA) is 40.5 Å². The summed E-state index contributed by atoms with van der Waals surface area (Å²) in [5.74, 6) is 3.75. The van der Waals surface area contributed by atoms with Gasteiger partial charge in [-0.2, -0.15) is 0 Å². The highest BCUT2D eigenvalue weighted by molar-refractivity contribution is 5.36. The van der Waals surface area contributed by atoms with Gasteiger partial charge < -0.3 is 10.2 Å². The Morgan fingerprint density at radius 3 is 1.30 bits per heavy atom. The molecular weight excluding hydrogens is 332 g/mol. The van der Waals surface area contributed by atoms with Crippen LogP contribution in [0.2, 0.25) is 0 Å². The third-order valence-corrected chi connectivity index (χ3v) is 7.11. The Bertz CT molecular complexity index is 674. The van der Waals surface area contributed by atoms with Crippen LogP contribution in [-0.4, -0.2) is 10.2 Å². The van der Waals surface area contributed by atoms with Gasteiger partial charge in [0.25, 0.3) is 0 Å². The Labute approximate surface area is 163 Å². The van der Waals surface area contributed by atoms with Crippen LogP contribution in [0.3, 0.4) is 0 Å². The third-order valence-electron chi connectivity index (χ3n) is 7.11. The highest BCUT2D eigenvalue weighted by atomic mass is 16.3. The molecule has 0 unspecified atom stereocenters. The predicted octanol–water partition coefficient (Wildman–Crippen LogP) is 6.74. The quantitative estimate of drug-likeness (QED) is 0.631. The molecule has 2 heteroatoms. The number of hydrogen-bond donors (Lipinski definition) is 2. The fourth-order valence-corrected chi connectivity index (χ4v) is 5.56. The van der Waals surface area contributed by atoms with E-state index < -0.39 is 0 Å². The number of para-hydroxylation sites is 2. The van der Waals surface area contributed by atoms with Crippen molar-refractivity contribution in [3.8, 4) is 11.5 Å². The van der Waals surface area contributed by atoms with Crippen LogP contribution in [0, 0.1) is 11.8 Å². The Kier molecular flexibility index (Phi) is 5.71. The molecule has 0 bridgehead atoms. The van der Waals surface area contributed by atoms with Crippen LogP contribution in [0.5, 0.6) is 11.5 Å². The zero-order chi connectivity index (χ0) is 18.6. The first-order valence-electron chi connectivity index (χ1n) is 10.8. The standard InChI is InChI=1S/C25H32O2/c26-24-7-3-1-5-22(24)20-13-9-18(10-14-20)17-19-11-15-21(16-12-19)23-6-2-4-8-25(23)27/h1-8,18-21,26-27H,9-17H2. The maximum atomic E-state index is 10.1. The second-order valence-electron chi connectivity index (χ2n) is 8.79. The zero-order valence-electron chi connectivity index (χ0n) is 16.2. The summed E-state index contributed by atoms with van der Waals surface area (Å²) in [5, 5.41) is 20.2. The van der Waals surface area contributed by atoms with E-state index in [4.69, 9.17) is 0 Å². The maximum absolute atomic E-state index is 10.1. The van der Waals surface area contributed by atoms with Crippen molar-refractivity contribution in [3.05, 3.63) is 59.7 Å². The molecule has 2 aliphatic rings. The second kappa shape index (κ2) is 8.37. The molecule has 4 rings (SSSR count). The monoisotopic (exact) mass is 364 g/mol. The predicted molar refractivity (Wildman–Crippen MR) is 110 cm³/mol. The van der Waals surface area contributed by atoms with Crippen molar-refractivity contribution in [2.45, 2.75) is 69.6 Å². The number of hydrogen-bond acceptors (Lipinski definition) is 2. The van der Waals surface area contributed by atoms with E-state index in [-0.39, 0.29) is 0 Å². The van der Waals surface area contributed by atoms with Crippen molar-refractivity contribution in [2.75, 3.05) is 0 Å². The molecule has 2 N–H and O–H groups in total. The van der Waals surface area contributed by atoms with Gasteiger partial charge in [0, 0.05) is 0 Å². The van der Waals surface area contributed by atoms with Crippen molar-refractivity contribution in [3.63, 3.8) is 0 Å².